The Morgan fingerprint density at radius 2 is 1.73 bits per heavy atom. The molecule has 0 N–H and O–H groups in total. The molecule has 0 unspecified atom stereocenters. The topological polar surface area (TPSA) is 50.1 Å². The number of ether oxygens (including phenoxy) is 1. The lowest BCUT2D eigenvalue weighted by molar-refractivity contribution is -0.929. The number of rotatable bonds is 7. The molecule has 1 heterocycles. The molecule has 4 nitrogen and oxygen atoms in total. The number of halogens is 3. The number of carbonyl (C=O) groups excluding carboxylic acids is 1. The summed E-state index contributed by atoms with van der Waals surface area (Å²) in [5.74, 6) is 0.778. The number of hydrogen-bond acceptors (Lipinski definition) is 3. The summed E-state index contributed by atoms with van der Waals surface area (Å²) in [6.07, 6.45) is 3.71. The van der Waals surface area contributed by atoms with Crippen molar-refractivity contribution in [1.29, 1.82) is 5.26 Å². The molecule has 1 aromatic carbocycles. The molecule has 0 aliphatic carbocycles. The van der Waals surface area contributed by atoms with Crippen molar-refractivity contribution in [3.05, 3.63) is 29.3 Å². The van der Waals surface area contributed by atoms with Crippen LogP contribution < -0.4 is 4.74 Å². The lowest BCUT2D eigenvalue weighted by Crippen LogP contribution is -2.52. The van der Waals surface area contributed by atoms with Gasteiger partial charge in [-0.15, -0.1) is 0 Å². The monoisotopic (exact) mass is 427 g/mol. The van der Waals surface area contributed by atoms with E-state index in [9.17, 15) is 18.4 Å². The first-order valence-electron chi connectivity index (χ1n) is 10.8. The minimum atomic E-state index is -4.64. The first-order chi connectivity index (χ1) is 14.3. The molecule has 0 spiro atoms. The lowest BCUT2D eigenvalue weighted by Gasteiger charge is -2.40. The zero-order valence-corrected chi connectivity index (χ0v) is 18.1. The number of carbonyl (C=O) groups is 1. The first kappa shape index (κ1) is 26.0. The van der Waals surface area contributed by atoms with E-state index in [2.05, 4.69) is 13.0 Å². The second kappa shape index (κ2) is 13.3. The van der Waals surface area contributed by atoms with Crippen molar-refractivity contribution in [2.24, 2.45) is 0 Å². The van der Waals surface area contributed by atoms with Gasteiger partial charge in [-0.25, -0.2) is 0 Å². The molecular formula is C23H34F3N2O2+. The number of aryl methyl sites for hydroxylation is 1. The smallest absolute Gasteiger partial charge is 0.446 e. The highest BCUT2D eigenvalue weighted by Gasteiger charge is 2.27. The predicted molar refractivity (Wildman–Crippen MR) is 111 cm³/mol. The molecule has 0 saturated carbocycles. The van der Waals surface area contributed by atoms with Gasteiger partial charge in [-0.2, -0.15) is 18.4 Å². The molecule has 1 aliphatic heterocycles. The number of para-hydroxylation sites is 1. The normalized spacial score (nSPS) is 16.3. The number of benzene rings is 1. The van der Waals surface area contributed by atoms with Gasteiger partial charge in [0.15, 0.2) is 0 Å². The highest BCUT2D eigenvalue weighted by molar-refractivity contribution is 5.56. The average molecular weight is 428 g/mol. The van der Waals surface area contributed by atoms with Crippen LogP contribution in [0.4, 0.5) is 13.2 Å². The fourth-order valence-electron chi connectivity index (χ4n) is 3.86. The minimum absolute atomic E-state index is 0.655. The van der Waals surface area contributed by atoms with Crippen molar-refractivity contribution < 1.29 is 27.2 Å². The van der Waals surface area contributed by atoms with Gasteiger partial charge in [-0.1, -0.05) is 31.9 Å². The lowest BCUT2D eigenvalue weighted by atomic mass is 10.1. The van der Waals surface area contributed by atoms with E-state index in [-0.39, 0.29) is 0 Å². The van der Waals surface area contributed by atoms with Gasteiger partial charge in [0.1, 0.15) is 25.0 Å². The maximum atomic E-state index is 10.4. The Bertz CT molecular complexity index is 670. The van der Waals surface area contributed by atoms with Crippen LogP contribution in [-0.4, -0.2) is 49.7 Å². The summed E-state index contributed by atoms with van der Waals surface area (Å²) in [7, 11) is 0. The van der Waals surface area contributed by atoms with E-state index in [1.807, 2.05) is 25.1 Å². The van der Waals surface area contributed by atoms with Crippen LogP contribution in [0, 0.1) is 18.3 Å². The Morgan fingerprint density at radius 1 is 1.13 bits per heavy atom. The highest BCUT2D eigenvalue weighted by Crippen LogP contribution is 2.24. The second-order valence-corrected chi connectivity index (χ2v) is 7.93. The van der Waals surface area contributed by atoms with Gasteiger partial charge in [0.2, 0.25) is 6.29 Å². The van der Waals surface area contributed by atoms with Crippen LogP contribution >= 0.6 is 0 Å². The summed E-state index contributed by atoms with van der Waals surface area (Å²) in [5, 5.41) is 9.29. The first-order valence-corrected chi connectivity index (χ1v) is 10.8. The summed E-state index contributed by atoms with van der Waals surface area (Å²) in [6, 6.07) is 8.05. The van der Waals surface area contributed by atoms with Crippen molar-refractivity contribution in [1.82, 2.24) is 0 Å². The molecule has 168 valence electrons. The molecular weight excluding hydrogens is 393 g/mol. The maximum absolute atomic E-state index is 10.4. The van der Waals surface area contributed by atoms with Gasteiger partial charge in [0.25, 0.3) is 0 Å². The Kier molecular flexibility index (Phi) is 11.5. The Hall–Kier alpha value is -2.07. The quantitative estimate of drug-likeness (QED) is 0.422. The van der Waals surface area contributed by atoms with E-state index >= 15 is 0 Å². The summed E-state index contributed by atoms with van der Waals surface area (Å²) >= 11 is 0. The van der Waals surface area contributed by atoms with E-state index in [4.69, 9.17) is 9.53 Å². The van der Waals surface area contributed by atoms with E-state index in [0.29, 0.717) is 12.2 Å². The van der Waals surface area contributed by atoms with Gasteiger partial charge >= 0.3 is 6.18 Å². The SMILES string of the molecule is CCCC[N+]1(CCOc2c(C)cccc2C#N)CCCCCCC1.O=CC(F)(F)F. The number of quaternary nitrogens is 1. The number of likely N-dealkylation sites (tertiary alicyclic amines) is 1. The third kappa shape index (κ3) is 9.62. The predicted octanol–water partition coefficient (Wildman–Crippen LogP) is 5.57. The molecule has 30 heavy (non-hydrogen) atoms. The number of hydrogen-bond donors (Lipinski definition) is 0. The molecule has 7 heteroatoms. The van der Waals surface area contributed by atoms with Crippen molar-refractivity contribution >= 4 is 6.29 Å². The van der Waals surface area contributed by atoms with Crippen LogP contribution in [0.25, 0.3) is 0 Å². The molecule has 0 aromatic heterocycles. The van der Waals surface area contributed by atoms with E-state index < -0.39 is 12.5 Å². The molecule has 0 bridgehead atoms. The molecule has 2 rings (SSSR count). The number of alkyl halides is 3. The third-order valence-corrected chi connectivity index (χ3v) is 5.53. The highest BCUT2D eigenvalue weighted by atomic mass is 19.4. The Morgan fingerprint density at radius 3 is 2.27 bits per heavy atom. The van der Waals surface area contributed by atoms with Crippen molar-refractivity contribution in [2.45, 2.75) is 65.0 Å². The van der Waals surface area contributed by atoms with Crippen LogP contribution in [0.5, 0.6) is 5.75 Å². The number of unbranched alkanes of at least 4 members (excludes halogenated alkanes) is 1. The van der Waals surface area contributed by atoms with Gasteiger partial charge in [-0.05, 0) is 50.7 Å². The van der Waals surface area contributed by atoms with Crippen molar-refractivity contribution in [3.8, 4) is 11.8 Å². The fraction of sp³-hybridized carbons (Fsp3) is 0.652. The zero-order chi connectivity index (χ0) is 22.5. The molecule has 1 fully saturated rings. The second-order valence-electron chi connectivity index (χ2n) is 7.93. The van der Waals surface area contributed by atoms with Crippen LogP contribution in [0.1, 0.15) is 63.0 Å². The van der Waals surface area contributed by atoms with Crippen molar-refractivity contribution in [2.75, 3.05) is 32.8 Å². The van der Waals surface area contributed by atoms with Crippen LogP contribution in [-0.2, 0) is 4.79 Å². The molecule has 0 amide bonds. The molecule has 1 aromatic rings. The van der Waals surface area contributed by atoms with Crippen LogP contribution in [0.2, 0.25) is 0 Å². The molecule has 0 radical (unpaired) electrons. The summed E-state index contributed by atoms with van der Waals surface area (Å²) in [6.45, 7) is 9.95. The van der Waals surface area contributed by atoms with E-state index in [0.717, 1.165) is 17.9 Å². The van der Waals surface area contributed by atoms with Gasteiger partial charge < -0.3 is 9.22 Å². The van der Waals surface area contributed by atoms with Crippen LogP contribution in [0.3, 0.4) is 0 Å². The van der Waals surface area contributed by atoms with Gasteiger partial charge in [-0.3, -0.25) is 4.79 Å². The molecule has 0 atom stereocenters. The minimum Gasteiger partial charge on any atom is -0.486 e. The van der Waals surface area contributed by atoms with E-state index in [1.54, 1.807) is 0 Å². The zero-order valence-electron chi connectivity index (χ0n) is 18.1. The largest absolute Gasteiger partial charge is 0.486 e. The fourth-order valence-corrected chi connectivity index (χ4v) is 3.86. The molecule has 1 saturated heterocycles. The summed E-state index contributed by atoms with van der Waals surface area (Å²) in [4.78, 5) is 8.70. The van der Waals surface area contributed by atoms with Gasteiger partial charge in [0.05, 0.1) is 25.2 Å². The van der Waals surface area contributed by atoms with Gasteiger partial charge in [0, 0.05) is 0 Å². The average Bonchev–Trinajstić information content (AvgIpc) is 2.70. The summed E-state index contributed by atoms with van der Waals surface area (Å²) in [5.41, 5.74) is 1.71. The molecule has 1 aliphatic rings. The Labute approximate surface area is 178 Å². The number of nitrogens with zero attached hydrogens (tertiary/aromatic N) is 2. The number of nitriles is 1. The standard InChI is InChI=1S/C21H33N2O.C2HF3O/c1-3-4-13-23(14-8-6-5-7-9-15-23)16-17-24-21-19(2)11-10-12-20(21)18-22;3-2(4,5)1-6/h10-12H,3-9,13-17H2,1-2H3;1H/q+1;. The maximum Gasteiger partial charge on any atom is 0.446 e. The van der Waals surface area contributed by atoms with E-state index in [1.165, 1.54) is 69.1 Å². The number of aldehydes is 1. The van der Waals surface area contributed by atoms with Crippen molar-refractivity contribution in [3.63, 3.8) is 0 Å². The Balaban J connectivity index is 0.000000656. The van der Waals surface area contributed by atoms with Crippen LogP contribution in [0.15, 0.2) is 18.2 Å². The summed E-state index contributed by atoms with van der Waals surface area (Å²) < 4.78 is 38.6. The third-order valence-electron chi connectivity index (χ3n) is 5.53.